The van der Waals surface area contributed by atoms with Gasteiger partial charge in [0.25, 0.3) is 23.4 Å². The second-order valence-corrected chi connectivity index (χ2v) is 9.44. The number of β-lactam (4-membered cyclic amide) rings is 1. The minimum Gasteiger partial charge on any atom is -0.454 e. The summed E-state index contributed by atoms with van der Waals surface area (Å²) in [6.45, 7) is 1.94. The Morgan fingerprint density at radius 2 is 1.72 bits per heavy atom. The molecule has 6 rings (SSSR count). The van der Waals surface area contributed by atoms with Crippen molar-refractivity contribution in [2.24, 2.45) is 0 Å². The number of amides is 3. The molecule has 0 N–H and O–H groups in total. The highest BCUT2D eigenvalue weighted by atomic mass is 79.9. The number of rotatable bonds is 4. The number of hydrogen-bond donors (Lipinski definition) is 0. The number of anilines is 1. The lowest BCUT2D eigenvalue weighted by molar-refractivity contribution is -0.385. The van der Waals surface area contributed by atoms with Gasteiger partial charge in [-0.3, -0.25) is 29.4 Å². The van der Waals surface area contributed by atoms with Crippen molar-refractivity contribution in [3.63, 3.8) is 0 Å². The molecule has 1 fully saturated rings. The lowest BCUT2D eigenvalue weighted by Gasteiger charge is -2.49. The van der Waals surface area contributed by atoms with Crippen LogP contribution in [-0.4, -0.2) is 40.4 Å². The monoisotopic (exact) mass is 549 g/mol. The minimum absolute atomic E-state index is 0.0590. The summed E-state index contributed by atoms with van der Waals surface area (Å²) in [6, 6.07) is 12.5. The molecule has 10 nitrogen and oxygen atoms in total. The molecule has 0 bridgehead atoms. The van der Waals surface area contributed by atoms with Gasteiger partial charge in [-0.15, -0.1) is 0 Å². The zero-order chi connectivity index (χ0) is 25.3. The topological polar surface area (TPSA) is 119 Å². The molecule has 0 aromatic heterocycles. The number of hydrogen-bond acceptors (Lipinski definition) is 7. The van der Waals surface area contributed by atoms with Gasteiger partial charge in [0.05, 0.1) is 16.5 Å². The Hall–Kier alpha value is -4.25. The fraction of sp³-hybridized carbons (Fsp3) is 0.160. The summed E-state index contributed by atoms with van der Waals surface area (Å²) in [5.41, 5.74) is 1.23. The molecule has 0 aliphatic carbocycles. The van der Waals surface area contributed by atoms with Crippen LogP contribution in [0.1, 0.15) is 37.9 Å². The van der Waals surface area contributed by atoms with Gasteiger partial charge in [0.15, 0.2) is 11.5 Å². The van der Waals surface area contributed by atoms with Crippen molar-refractivity contribution in [3.05, 3.63) is 91.4 Å². The maximum Gasteiger partial charge on any atom is 0.282 e. The third kappa shape index (κ3) is 3.05. The largest absolute Gasteiger partial charge is 0.454 e. The fourth-order valence-corrected chi connectivity index (χ4v) is 5.16. The second kappa shape index (κ2) is 7.89. The van der Waals surface area contributed by atoms with Gasteiger partial charge in [-0.05, 0) is 54.4 Å². The van der Waals surface area contributed by atoms with Gasteiger partial charge in [-0.2, -0.15) is 0 Å². The molecule has 2 unspecified atom stereocenters. The van der Waals surface area contributed by atoms with Gasteiger partial charge >= 0.3 is 0 Å². The van der Waals surface area contributed by atoms with E-state index >= 15 is 0 Å². The Bertz CT molecular complexity index is 1520. The van der Waals surface area contributed by atoms with Crippen LogP contribution in [-0.2, 0) is 4.79 Å². The van der Waals surface area contributed by atoms with E-state index in [0.717, 1.165) is 14.9 Å². The number of nitrogens with zero attached hydrogens (tertiary/aromatic N) is 3. The van der Waals surface area contributed by atoms with Crippen molar-refractivity contribution >= 4 is 45.0 Å². The first-order valence-electron chi connectivity index (χ1n) is 10.9. The summed E-state index contributed by atoms with van der Waals surface area (Å²) in [5.74, 6) is -1.05. The third-order valence-corrected chi connectivity index (χ3v) is 7.51. The summed E-state index contributed by atoms with van der Waals surface area (Å²) in [6.07, 6.45) is 0. The van der Waals surface area contributed by atoms with Crippen molar-refractivity contribution in [2.75, 3.05) is 11.7 Å². The van der Waals surface area contributed by atoms with Gasteiger partial charge in [0.1, 0.15) is 11.6 Å². The van der Waals surface area contributed by atoms with E-state index in [0.29, 0.717) is 22.7 Å². The SMILES string of the molecule is Cc1cc(N2C(=O)C(N3C(=O)c4cccc([N+](=O)[O-])c4C3=O)C2c2ccc3c(c2)OCO3)ccc1Br. The number of aryl methyl sites for hydroxylation is 1. The molecule has 0 spiro atoms. The van der Waals surface area contributed by atoms with Crippen molar-refractivity contribution in [1.29, 1.82) is 0 Å². The van der Waals surface area contributed by atoms with Crippen LogP contribution in [0, 0.1) is 17.0 Å². The highest BCUT2D eigenvalue weighted by molar-refractivity contribution is 9.10. The van der Waals surface area contributed by atoms with Crippen LogP contribution in [0.15, 0.2) is 59.1 Å². The van der Waals surface area contributed by atoms with Crippen molar-refractivity contribution < 1.29 is 28.8 Å². The third-order valence-electron chi connectivity index (χ3n) is 6.62. The first-order valence-corrected chi connectivity index (χ1v) is 11.7. The maximum absolute atomic E-state index is 13.6. The number of nitro groups is 1. The standard InChI is InChI=1S/C25H16BrN3O7/c1-12-9-14(6-7-16(12)26)27-21(13-5-8-18-19(10-13)36-11-35-18)22(25(27)32)28-23(30)15-3-2-4-17(29(33)34)20(15)24(28)31/h2-10,21-22H,11H2,1H3. The van der Waals surface area contributed by atoms with E-state index < -0.39 is 40.4 Å². The zero-order valence-corrected chi connectivity index (χ0v) is 20.2. The average molecular weight is 550 g/mol. The Morgan fingerprint density at radius 1 is 0.944 bits per heavy atom. The molecule has 180 valence electrons. The molecule has 0 saturated carbocycles. The summed E-state index contributed by atoms with van der Waals surface area (Å²) in [5, 5.41) is 11.5. The van der Waals surface area contributed by atoms with Crippen LogP contribution >= 0.6 is 15.9 Å². The number of halogens is 1. The van der Waals surface area contributed by atoms with Crippen molar-refractivity contribution in [2.45, 2.75) is 19.0 Å². The lowest BCUT2D eigenvalue weighted by Crippen LogP contribution is -2.67. The highest BCUT2D eigenvalue weighted by Crippen LogP contribution is 2.47. The van der Waals surface area contributed by atoms with Crippen LogP contribution in [0.25, 0.3) is 0 Å². The number of benzene rings is 3. The molecule has 0 radical (unpaired) electrons. The summed E-state index contributed by atoms with van der Waals surface area (Å²) >= 11 is 3.46. The van der Waals surface area contributed by atoms with Crippen molar-refractivity contribution in [3.8, 4) is 11.5 Å². The van der Waals surface area contributed by atoms with Gasteiger partial charge in [0.2, 0.25) is 6.79 Å². The molecule has 3 aliphatic rings. The van der Waals surface area contributed by atoms with Crippen LogP contribution in [0.3, 0.4) is 0 Å². The van der Waals surface area contributed by atoms with Crippen LogP contribution in [0.2, 0.25) is 0 Å². The average Bonchev–Trinajstić information content (AvgIpc) is 3.42. The Balaban J connectivity index is 1.46. The minimum atomic E-state index is -1.19. The molecular weight excluding hydrogens is 534 g/mol. The molecule has 3 aromatic rings. The fourth-order valence-electron chi connectivity index (χ4n) is 4.91. The van der Waals surface area contributed by atoms with E-state index in [1.165, 1.54) is 23.1 Å². The maximum atomic E-state index is 13.6. The van der Waals surface area contributed by atoms with E-state index in [-0.39, 0.29) is 17.9 Å². The zero-order valence-electron chi connectivity index (χ0n) is 18.6. The molecule has 11 heteroatoms. The molecule has 3 aliphatic heterocycles. The molecule has 36 heavy (non-hydrogen) atoms. The first-order chi connectivity index (χ1) is 17.3. The quantitative estimate of drug-likeness (QED) is 0.207. The van der Waals surface area contributed by atoms with E-state index in [1.807, 2.05) is 19.1 Å². The molecule has 3 heterocycles. The second-order valence-electron chi connectivity index (χ2n) is 8.58. The van der Waals surface area contributed by atoms with Crippen LogP contribution in [0.4, 0.5) is 11.4 Å². The molecule has 3 amide bonds. The number of ether oxygens (including phenoxy) is 2. The number of carbonyl (C=O) groups excluding carboxylic acids is 3. The molecule has 1 saturated heterocycles. The Labute approximate surface area is 212 Å². The van der Waals surface area contributed by atoms with Gasteiger partial charge in [-0.1, -0.05) is 28.1 Å². The normalized spacial score (nSPS) is 20.0. The molecule has 2 atom stereocenters. The first kappa shape index (κ1) is 22.2. The predicted octanol–water partition coefficient (Wildman–Crippen LogP) is 4.15. The number of carbonyl (C=O) groups is 3. The van der Waals surface area contributed by atoms with Gasteiger partial charge in [0, 0.05) is 16.2 Å². The number of imide groups is 1. The van der Waals surface area contributed by atoms with E-state index in [2.05, 4.69) is 15.9 Å². The van der Waals surface area contributed by atoms with Crippen LogP contribution < -0.4 is 14.4 Å². The summed E-state index contributed by atoms with van der Waals surface area (Å²) < 4.78 is 11.8. The van der Waals surface area contributed by atoms with E-state index in [1.54, 1.807) is 24.3 Å². The van der Waals surface area contributed by atoms with Crippen molar-refractivity contribution in [1.82, 2.24) is 4.90 Å². The number of fused-ring (bicyclic) bond motifs is 2. The van der Waals surface area contributed by atoms with Gasteiger partial charge in [-0.25, -0.2) is 0 Å². The molecular formula is C25H16BrN3O7. The Kier molecular flexibility index (Phi) is 4.87. The predicted molar refractivity (Wildman–Crippen MR) is 129 cm³/mol. The van der Waals surface area contributed by atoms with Gasteiger partial charge < -0.3 is 14.4 Å². The smallest absolute Gasteiger partial charge is 0.282 e. The summed E-state index contributed by atoms with van der Waals surface area (Å²) in [7, 11) is 0. The Morgan fingerprint density at radius 3 is 2.47 bits per heavy atom. The van der Waals surface area contributed by atoms with E-state index in [4.69, 9.17) is 9.47 Å². The van der Waals surface area contributed by atoms with Crippen LogP contribution in [0.5, 0.6) is 11.5 Å². The van der Waals surface area contributed by atoms with E-state index in [9.17, 15) is 24.5 Å². The number of nitro benzene ring substituents is 1. The highest BCUT2D eigenvalue weighted by Gasteiger charge is 2.58. The molecule has 3 aromatic carbocycles. The lowest BCUT2D eigenvalue weighted by atomic mass is 9.86. The summed E-state index contributed by atoms with van der Waals surface area (Å²) in [4.78, 5) is 53.5.